The zero-order valence-electron chi connectivity index (χ0n) is 28.5. The van der Waals surface area contributed by atoms with Crippen molar-refractivity contribution in [2.24, 2.45) is 0 Å². The first kappa shape index (κ1) is 30.2. The molecule has 0 spiro atoms. The zero-order valence-corrected chi connectivity index (χ0v) is 30.1. The summed E-state index contributed by atoms with van der Waals surface area (Å²) in [5.41, 5.74) is 11.1. The molecule has 1 nitrogen and oxygen atoms in total. The quantitative estimate of drug-likeness (QED) is 0.174. The molecule has 1 aliphatic heterocycles. The zero-order chi connectivity index (χ0) is 34.1. The summed E-state index contributed by atoms with van der Waals surface area (Å²) < 4.78 is 2.76. The van der Waals surface area contributed by atoms with Gasteiger partial charge in [0.05, 0.1) is 0 Å². The average molecular weight is 690 g/mol. The van der Waals surface area contributed by atoms with E-state index < -0.39 is 10.0 Å². The van der Waals surface area contributed by atoms with E-state index in [9.17, 15) is 0 Å². The summed E-state index contributed by atoms with van der Waals surface area (Å²) in [4.78, 5) is 5.38. The molecular formula is C48H35NS2. The van der Waals surface area contributed by atoms with E-state index >= 15 is 0 Å². The predicted octanol–water partition coefficient (Wildman–Crippen LogP) is 14.5. The highest BCUT2D eigenvalue weighted by molar-refractivity contribution is 8.33. The van der Waals surface area contributed by atoms with Crippen LogP contribution in [-0.4, -0.2) is 12.5 Å². The van der Waals surface area contributed by atoms with Gasteiger partial charge >= 0.3 is 0 Å². The summed E-state index contributed by atoms with van der Waals surface area (Å²) in [6.45, 7) is 0. The predicted molar refractivity (Wildman–Crippen MR) is 224 cm³/mol. The Morgan fingerprint density at radius 2 is 1.02 bits per heavy atom. The van der Waals surface area contributed by atoms with Crippen molar-refractivity contribution in [3.05, 3.63) is 176 Å². The molecule has 10 rings (SSSR count). The molecule has 0 N–H and O–H groups in total. The Morgan fingerprint density at radius 3 is 1.78 bits per heavy atom. The smallest absolute Gasteiger partial charge is 0.0468 e. The molecule has 51 heavy (non-hydrogen) atoms. The molecule has 9 aromatic rings. The maximum absolute atomic E-state index is 2.46. The largest absolute Gasteiger partial charge is 0.310 e. The summed E-state index contributed by atoms with van der Waals surface area (Å²) in [6.07, 6.45) is 4.92. The topological polar surface area (TPSA) is 3.24 Å². The van der Waals surface area contributed by atoms with E-state index in [2.05, 4.69) is 193 Å². The third-order valence-corrected chi connectivity index (χ3v) is 14.6. The number of hydrogen-bond acceptors (Lipinski definition) is 2. The molecular weight excluding hydrogens is 655 g/mol. The van der Waals surface area contributed by atoms with Crippen molar-refractivity contribution in [2.45, 2.75) is 9.79 Å². The Kier molecular flexibility index (Phi) is 6.96. The molecule has 0 saturated carbocycles. The van der Waals surface area contributed by atoms with Crippen molar-refractivity contribution in [2.75, 3.05) is 17.4 Å². The molecule has 8 aromatic carbocycles. The van der Waals surface area contributed by atoms with Gasteiger partial charge in [0, 0.05) is 52.6 Å². The van der Waals surface area contributed by atoms with E-state index in [1.807, 2.05) is 11.3 Å². The van der Waals surface area contributed by atoms with Crippen molar-refractivity contribution in [3.8, 4) is 33.4 Å². The fourth-order valence-electron chi connectivity index (χ4n) is 7.92. The average Bonchev–Trinajstić information content (AvgIpc) is 3.67. The van der Waals surface area contributed by atoms with Crippen molar-refractivity contribution >= 4 is 69.4 Å². The van der Waals surface area contributed by atoms with Crippen LogP contribution in [0.2, 0.25) is 0 Å². The highest BCUT2D eigenvalue weighted by atomic mass is 32.3. The summed E-state index contributed by atoms with van der Waals surface area (Å²) in [5, 5.41) is 5.24. The third kappa shape index (κ3) is 4.92. The highest BCUT2D eigenvalue weighted by Crippen LogP contribution is 2.69. The lowest BCUT2D eigenvalue weighted by atomic mass is 10.00. The Balaban J connectivity index is 1.13. The van der Waals surface area contributed by atoms with Crippen LogP contribution in [0.1, 0.15) is 0 Å². The third-order valence-electron chi connectivity index (χ3n) is 10.5. The molecule has 0 aliphatic carbocycles. The van der Waals surface area contributed by atoms with Crippen molar-refractivity contribution in [1.29, 1.82) is 0 Å². The minimum Gasteiger partial charge on any atom is -0.310 e. The van der Waals surface area contributed by atoms with E-state index in [-0.39, 0.29) is 0 Å². The van der Waals surface area contributed by atoms with Crippen molar-refractivity contribution in [1.82, 2.24) is 0 Å². The number of benzene rings is 8. The molecule has 0 saturated heterocycles. The monoisotopic (exact) mass is 689 g/mol. The molecule has 0 fully saturated rings. The van der Waals surface area contributed by atoms with Gasteiger partial charge in [0.25, 0.3) is 0 Å². The van der Waals surface area contributed by atoms with Crippen LogP contribution >= 0.6 is 21.4 Å². The van der Waals surface area contributed by atoms with Gasteiger partial charge in [0.1, 0.15) is 0 Å². The van der Waals surface area contributed by atoms with Crippen LogP contribution in [0.5, 0.6) is 0 Å². The van der Waals surface area contributed by atoms with Gasteiger partial charge in [-0.25, -0.2) is 0 Å². The van der Waals surface area contributed by atoms with Crippen LogP contribution < -0.4 is 4.90 Å². The maximum atomic E-state index is 2.46. The lowest BCUT2D eigenvalue weighted by Gasteiger charge is -2.29. The van der Waals surface area contributed by atoms with Crippen molar-refractivity contribution in [3.63, 3.8) is 0 Å². The highest BCUT2D eigenvalue weighted by Gasteiger charge is 2.34. The molecule has 2 heterocycles. The Bertz CT molecular complexity index is 2760. The van der Waals surface area contributed by atoms with Gasteiger partial charge in [-0.15, -0.1) is 11.3 Å². The van der Waals surface area contributed by atoms with Crippen molar-refractivity contribution < 1.29 is 0 Å². The first-order valence-corrected chi connectivity index (χ1v) is 20.7. The van der Waals surface area contributed by atoms with Crippen LogP contribution in [-0.2, 0) is 0 Å². The van der Waals surface area contributed by atoms with Gasteiger partial charge < -0.3 is 4.90 Å². The fourth-order valence-corrected chi connectivity index (χ4v) is 11.7. The van der Waals surface area contributed by atoms with Crippen LogP contribution in [0.15, 0.2) is 186 Å². The van der Waals surface area contributed by atoms with Crippen LogP contribution in [0, 0.1) is 0 Å². The molecule has 0 bridgehead atoms. The van der Waals surface area contributed by atoms with Gasteiger partial charge in [0.15, 0.2) is 0 Å². The number of nitrogens with zero attached hydrogens (tertiary/aromatic N) is 1. The van der Waals surface area contributed by atoms with E-state index in [4.69, 9.17) is 0 Å². The second-order valence-corrected chi connectivity index (χ2v) is 18.4. The van der Waals surface area contributed by atoms with Gasteiger partial charge in [-0.3, -0.25) is 0 Å². The summed E-state index contributed by atoms with van der Waals surface area (Å²) >= 11 is 1.94. The molecule has 0 radical (unpaired) electrons. The van der Waals surface area contributed by atoms with Crippen LogP contribution in [0.4, 0.5) is 17.1 Å². The van der Waals surface area contributed by atoms with Gasteiger partial charge in [-0.2, -0.15) is 10.0 Å². The van der Waals surface area contributed by atoms with E-state index in [1.54, 1.807) is 0 Å². The minimum atomic E-state index is -1.17. The lowest BCUT2D eigenvalue weighted by Crippen LogP contribution is -2.10. The fraction of sp³-hybridized carbons (Fsp3) is 0.0417. The van der Waals surface area contributed by atoms with E-state index in [0.29, 0.717) is 0 Å². The molecule has 1 aromatic heterocycles. The van der Waals surface area contributed by atoms with E-state index in [1.165, 1.54) is 79.8 Å². The van der Waals surface area contributed by atoms with Gasteiger partial charge in [-0.05, 0) is 112 Å². The lowest BCUT2D eigenvalue weighted by molar-refractivity contribution is 1.27. The second kappa shape index (κ2) is 11.7. The number of rotatable bonds is 5. The molecule has 1 aliphatic rings. The normalized spacial score (nSPS) is 13.7. The summed E-state index contributed by atoms with van der Waals surface area (Å²) in [7, 11) is -1.17. The molecule has 0 unspecified atom stereocenters. The molecule has 3 heteroatoms. The number of anilines is 3. The number of hydrogen-bond donors (Lipinski definition) is 0. The first-order valence-electron chi connectivity index (χ1n) is 17.4. The standard InChI is InChI=1S/C48H35NS2/c1-51(2)45-28-26-40(31-43(45)47-46(51)29-27-42-41-14-8-9-15-44(41)50-48(42)47)49(38-22-18-34(19-23-38)32-10-4-3-5-11-32)39-24-20-35(21-25-39)37-17-16-33-12-6-7-13-36(33)30-37/h3-31H,1-2H3. The summed E-state index contributed by atoms with van der Waals surface area (Å²) in [6, 6.07) is 64.9. The second-order valence-electron chi connectivity index (χ2n) is 13.8. The summed E-state index contributed by atoms with van der Waals surface area (Å²) in [5.74, 6) is 0. The Labute approximate surface area is 304 Å². The van der Waals surface area contributed by atoms with Gasteiger partial charge in [-0.1, -0.05) is 115 Å². The first-order chi connectivity index (χ1) is 25.0. The molecule has 244 valence electrons. The number of fused-ring (bicyclic) bond motifs is 8. The Morgan fingerprint density at radius 1 is 0.431 bits per heavy atom. The Hall–Kier alpha value is -5.61. The van der Waals surface area contributed by atoms with E-state index in [0.717, 1.165) is 11.4 Å². The maximum Gasteiger partial charge on any atom is 0.0468 e. The number of thiophene rings is 1. The molecule has 0 amide bonds. The van der Waals surface area contributed by atoms with Gasteiger partial charge in [0.2, 0.25) is 0 Å². The minimum absolute atomic E-state index is 1.14. The SMILES string of the molecule is CS1(C)c2ccc(N(c3ccc(-c4ccccc4)cc3)c3ccc(-c4ccc5ccccc5c4)cc3)cc2-c2c1ccc1c2sc2ccccc21. The molecule has 0 atom stereocenters. The van der Waals surface area contributed by atoms with Crippen LogP contribution in [0.25, 0.3) is 64.3 Å². The van der Waals surface area contributed by atoms with Crippen LogP contribution in [0.3, 0.4) is 0 Å².